The molecule has 2 N–H and O–H groups in total. The summed E-state index contributed by atoms with van der Waals surface area (Å²) in [4.78, 5) is 24.9. The molecule has 1 rings (SSSR count). The summed E-state index contributed by atoms with van der Waals surface area (Å²) in [5, 5.41) is 11.5. The molecule has 1 aromatic rings. The summed E-state index contributed by atoms with van der Waals surface area (Å²) in [5.41, 5.74) is 1.60. The van der Waals surface area contributed by atoms with Crippen LogP contribution in [0.2, 0.25) is 0 Å². The van der Waals surface area contributed by atoms with E-state index in [4.69, 9.17) is 5.11 Å². The Morgan fingerprint density at radius 1 is 1.32 bits per heavy atom. The Hall–Kier alpha value is -1.88. The number of nitrogens with zero attached hydrogens (tertiary/aromatic N) is 1. The molecule has 0 saturated heterocycles. The molecule has 0 spiro atoms. The standard InChI is InChI=1S/C14H20N2O3/c1-10-4-6-12(7-5-10)14(19)15-8-13(18)16(3)11(2)9-17/h4-7,11,17H,8-9H2,1-3H3,(H,15,19). The van der Waals surface area contributed by atoms with E-state index >= 15 is 0 Å². The molecule has 19 heavy (non-hydrogen) atoms. The predicted molar refractivity (Wildman–Crippen MR) is 72.8 cm³/mol. The number of likely N-dealkylation sites (N-methyl/N-ethyl adjacent to an activating group) is 1. The first-order chi connectivity index (χ1) is 8.95. The van der Waals surface area contributed by atoms with Gasteiger partial charge in [0.25, 0.3) is 5.91 Å². The lowest BCUT2D eigenvalue weighted by Gasteiger charge is -2.23. The molecule has 104 valence electrons. The van der Waals surface area contributed by atoms with Crippen molar-refractivity contribution in [2.45, 2.75) is 19.9 Å². The highest BCUT2D eigenvalue weighted by Gasteiger charge is 2.15. The largest absolute Gasteiger partial charge is 0.394 e. The first-order valence-electron chi connectivity index (χ1n) is 6.17. The van der Waals surface area contributed by atoms with Crippen LogP contribution in [-0.4, -0.2) is 48.1 Å². The lowest BCUT2D eigenvalue weighted by molar-refractivity contribution is -0.131. The number of hydrogen-bond donors (Lipinski definition) is 2. The maximum atomic E-state index is 11.8. The van der Waals surface area contributed by atoms with Gasteiger partial charge in [-0.2, -0.15) is 0 Å². The summed E-state index contributed by atoms with van der Waals surface area (Å²) in [5.74, 6) is -0.514. The van der Waals surface area contributed by atoms with Crippen LogP contribution in [0, 0.1) is 6.92 Å². The molecule has 0 heterocycles. The summed E-state index contributed by atoms with van der Waals surface area (Å²) >= 11 is 0. The third-order valence-corrected chi connectivity index (χ3v) is 3.03. The Bertz CT molecular complexity index is 443. The normalized spacial score (nSPS) is 11.8. The highest BCUT2D eigenvalue weighted by atomic mass is 16.3. The van der Waals surface area contributed by atoms with Gasteiger partial charge in [-0.1, -0.05) is 17.7 Å². The van der Waals surface area contributed by atoms with Crippen molar-refractivity contribution in [3.63, 3.8) is 0 Å². The molecule has 0 saturated carbocycles. The maximum Gasteiger partial charge on any atom is 0.251 e. The van der Waals surface area contributed by atoms with Crippen molar-refractivity contribution < 1.29 is 14.7 Å². The first-order valence-corrected chi connectivity index (χ1v) is 6.17. The van der Waals surface area contributed by atoms with Gasteiger partial charge in [0.15, 0.2) is 0 Å². The highest BCUT2D eigenvalue weighted by molar-refractivity contribution is 5.96. The third kappa shape index (κ3) is 4.37. The summed E-state index contributed by atoms with van der Waals surface area (Å²) in [6, 6.07) is 6.86. The van der Waals surface area contributed by atoms with E-state index in [9.17, 15) is 9.59 Å². The number of carbonyl (C=O) groups is 2. The van der Waals surface area contributed by atoms with Crippen LogP contribution in [0.5, 0.6) is 0 Å². The highest BCUT2D eigenvalue weighted by Crippen LogP contribution is 2.02. The molecule has 5 nitrogen and oxygen atoms in total. The van der Waals surface area contributed by atoms with Gasteiger partial charge in [0, 0.05) is 12.6 Å². The molecular formula is C14H20N2O3. The number of benzene rings is 1. The topological polar surface area (TPSA) is 69.6 Å². The van der Waals surface area contributed by atoms with Gasteiger partial charge in [-0.15, -0.1) is 0 Å². The SMILES string of the molecule is Cc1ccc(C(=O)NCC(=O)N(C)C(C)CO)cc1. The van der Waals surface area contributed by atoms with Gasteiger partial charge in [-0.05, 0) is 26.0 Å². The van der Waals surface area contributed by atoms with Crippen LogP contribution in [0.3, 0.4) is 0 Å². The summed E-state index contributed by atoms with van der Waals surface area (Å²) in [6.45, 7) is 3.50. The second kappa shape index (κ2) is 6.89. The molecule has 1 unspecified atom stereocenters. The van der Waals surface area contributed by atoms with E-state index in [1.165, 1.54) is 4.90 Å². The van der Waals surface area contributed by atoms with Crippen LogP contribution in [0.25, 0.3) is 0 Å². The Morgan fingerprint density at radius 2 is 1.89 bits per heavy atom. The molecule has 5 heteroatoms. The molecule has 0 aliphatic carbocycles. The van der Waals surface area contributed by atoms with Gasteiger partial charge in [-0.25, -0.2) is 0 Å². The maximum absolute atomic E-state index is 11.8. The molecule has 1 aromatic carbocycles. The molecule has 0 fully saturated rings. The molecule has 0 aliphatic rings. The number of aryl methyl sites for hydroxylation is 1. The second-order valence-corrected chi connectivity index (χ2v) is 4.58. The molecule has 0 aromatic heterocycles. The second-order valence-electron chi connectivity index (χ2n) is 4.58. The molecular weight excluding hydrogens is 244 g/mol. The lowest BCUT2D eigenvalue weighted by atomic mass is 10.1. The Balaban J connectivity index is 2.50. The van der Waals surface area contributed by atoms with Gasteiger partial charge >= 0.3 is 0 Å². The van der Waals surface area contributed by atoms with Gasteiger partial charge < -0.3 is 15.3 Å². The molecule has 0 bridgehead atoms. The number of amides is 2. The van der Waals surface area contributed by atoms with Gasteiger partial charge in [0.05, 0.1) is 19.2 Å². The average molecular weight is 264 g/mol. The first kappa shape index (κ1) is 15.2. The number of nitrogens with one attached hydrogen (secondary N) is 1. The number of hydrogen-bond acceptors (Lipinski definition) is 3. The van der Waals surface area contributed by atoms with Crippen molar-refractivity contribution in [1.82, 2.24) is 10.2 Å². The molecule has 2 amide bonds. The minimum Gasteiger partial charge on any atom is -0.394 e. The fourth-order valence-electron chi connectivity index (χ4n) is 1.46. The molecule has 1 atom stereocenters. The zero-order chi connectivity index (χ0) is 14.4. The van der Waals surface area contributed by atoms with Crippen molar-refractivity contribution in [2.75, 3.05) is 20.2 Å². The van der Waals surface area contributed by atoms with Crippen LogP contribution in [-0.2, 0) is 4.79 Å². The van der Waals surface area contributed by atoms with Crippen molar-refractivity contribution in [2.24, 2.45) is 0 Å². The smallest absolute Gasteiger partial charge is 0.251 e. The zero-order valence-electron chi connectivity index (χ0n) is 11.5. The quantitative estimate of drug-likeness (QED) is 0.816. The van der Waals surface area contributed by atoms with Crippen molar-refractivity contribution in [1.29, 1.82) is 0 Å². The number of aliphatic hydroxyl groups excluding tert-OH is 1. The van der Waals surface area contributed by atoms with Crippen molar-refractivity contribution in [3.8, 4) is 0 Å². The number of aliphatic hydroxyl groups is 1. The van der Waals surface area contributed by atoms with E-state index in [2.05, 4.69) is 5.32 Å². The summed E-state index contributed by atoms with van der Waals surface area (Å²) in [6.07, 6.45) is 0. The van der Waals surface area contributed by atoms with Crippen molar-refractivity contribution >= 4 is 11.8 Å². The van der Waals surface area contributed by atoms with Crippen LogP contribution in [0.4, 0.5) is 0 Å². The fraction of sp³-hybridized carbons (Fsp3) is 0.429. The summed E-state index contributed by atoms with van der Waals surface area (Å²) < 4.78 is 0. The minimum absolute atomic E-state index is 0.0758. The van der Waals surface area contributed by atoms with E-state index in [0.717, 1.165) is 5.56 Å². The van der Waals surface area contributed by atoms with E-state index in [-0.39, 0.29) is 31.0 Å². The van der Waals surface area contributed by atoms with E-state index < -0.39 is 0 Å². The van der Waals surface area contributed by atoms with Crippen LogP contribution in [0.15, 0.2) is 24.3 Å². The minimum atomic E-state index is -0.279. The van der Waals surface area contributed by atoms with Gasteiger partial charge in [-0.3, -0.25) is 9.59 Å². The Kier molecular flexibility index (Phi) is 5.51. The monoisotopic (exact) mass is 264 g/mol. The zero-order valence-corrected chi connectivity index (χ0v) is 11.5. The van der Waals surface area contributed by atoms with Crippen LogP contribution < -0.4 is 5.32 Å². The molecule has 0 radical (unpaired) electrons. The van der Waals surface area contributed by atoms with E-state index in [1.54, 1.807) is 26.1 Å². The average Bonchev–Trinajstić information content (AvgIpc) is 2.43. The number of rotatable bonds is 5. The Labute approximate surface area is 113 Å². The third-order valence-electron chi connectivity index (χ3n) is 3.03. The van der Waals surface area contributed by atoms with E-state index in [0.29, 0.717) is 5.56 Å². The fourth-order valence-corrected chi connectivity index (χ4v) is 1.46. The summed E-state index contributed by atoms with van der Waals surface area (Å²) in [7, 11) is 1.60. The molecule has 0 aliphatic heterocycles. The lowest BCUT2D eigenvalue weighted by Crippen LogP contribution is -2.43. The predicted octanol–water partition coefficient (Wildman–Crippen LogP) is 0.564. The van der Waals surface area contributed by atoms with Gasteiger partial charge in [0.2, 0.25) is 5.91 Å². The van der Waals surface area contributed by atoms with Gasteiger partial charge in [0.1, 0.15) is 0 Å². The van der Waals surface area contributed by atoms with Crippen LogP contribution >= 0.6 is 0 Å². The van der Waals surface area contributed by atoms with Crippen molar-refractivity contribution in [3.05, 3.63) is 35.4 Å². The number of carbonyl (C=O) groups excluding carboxylic acids is 2. The van der Waals surface area contributed by atoms with E-state index in [1.807, 2.05) is 19.1 Å². The Morgan fingerprint density at radius 3 is 2.42 bits per heavy atom. The van der Waals surface area contributed by atoms with Crippen LogP contribution in [0.1, 0.15) is 22.8 Å².